The number of halogens is 1. The molecule has 1 saturated heterocycles. The molecule has 29 heavy (non-hydrogen) atoms. The van der Waals surface area contributed by atoms with Gasteiger partial charge < -0.3 is 29.5 Å². The van der Waals surface area contributed by atoms with E-state index in [0.29, 0.717) is 22.3 Å². The molecule has 2 aromatic rings. The molecule has 0 bridgehead atoms. The highest BCUT2D eigenvalue weighted by atomic mass is 35.5. The summed E-state index contributed by atoms with van der Waals surface area (Å²) >= 11 is 5.81. The standard InChI is InChI=1S/C20H18ClNO7/c1-19(22,20(25)28-17(23)18(24)29-20)11-10-16-9-8-15(27-16)3-2-12-26-14-6-4-13(21)5-7-14/h4-9,25H,10-12,22H2,1H3/t19-/m1/s1. The van der Waals surface area contributed by atoms with E-state index in [2.05, 4.69) is 21.3 Å². The van der Waals surface area contributed by atoms with Crippen LogP contribution in [0.25, 0.3) is 0 Å². The van der Waals surface area contributed by atoms with Crippen LogP contribution in [-0.2, 0) is 25.5 Å². The largest absolute Gasteiger partial charge is 0.481 e. The molecule has 1 atom stereocenters. The Kier molecular flexibility index (Phi) is 5.84. The van der Waals surface area contributed by atoms with Gasteiger partial charge >= 0.3 is 17.9 Å². The minimum Gasteiger partial charge on any atom is -0.481 e. The summed E-state index contributed by atoms with van der Waals surface area (Å²) in [5.74, 6) is 2.18. The predicted molar refractivity (Wildman–Crippen MR) is 101 cm³/mol. The summed E-state index contributed by atoms with van der Waals surface area (Å²) in [6, 6.07) is 10.3. The van der Waals surface area contributed by atoms with Gasteiger partial charge in [0.15, 0.2) is 5.76 Å². The molecule has 3 rings (SSSR count). The fourth-order valence-corrected chi connectivity index (χ4v) is 2.61. The number of rotatable bonds is 6. The van der Waals surface area contributed by atoms with Crippen molar-refractivity contribution in [3.63, 3.8) is 0 Å². The van der Waals surface area contributed by atoms with E-state index in [0.717, 1.165) is 0 Å². The SMILES string of the molecule is C[C@@](N)(CCc1ccc(C#CCOc2ccc(Cl)cc2)o1)C1(O)OC(=O)C(=O)O1. The Morgan fingerprint density at radius 1 is 1.17 bits per heavy atom. The van der Waals surface area contributed by atoms with E-state index in [9.17, 15) is 14.7 Å². The molecule has 9 heteroatoms. The van der Waals surface area contributed by atoms with Crippen molar-refractivity contribution in [1.29, 1.82) is 0 Å². The number of furan rings is 1. The van der Waals surface area contributed by atoms with Crippen LogP contribution in [0.3, 0.4) is 0 Å². The van der Waals surface area contributed by atoms with E-state index >= 15 is 0 Å². The Morgan fingerprint density at radius 3 is 2.48 bits per heavy atom. The van der Waals surface area contributed by atoms with Crippen molar-refractivity contribution < 1.29 is 33.3 Å². The van der Waals surface area contributed by atoms with Gasteiger partial charge in [-0.1, -0.05) is 17.5 Å². The number of ether oxygens (including phenoxy) is 3. The molecule has 0 radical (unpaired) electrons. The molecule has 1 aromatic carbocycles. The summed E-state index contributed by atoms with van der Waals surface area (Å²) in [4.78, 5) is 22.4. The normalized spacial score (nSPS) is 17.0. The van der Waals surface area contributed by atoms with Crippen molar-refractivity contribution in [2.75, 3.05) is 6.61 Å². The van der Waals surface area contributed by atoms with Gasteiger partial charge in [-0.25, -0.2) is 9.59 Å². The topological polar surface area (TPSA) is 121 Å². The summed E-state index contributed by atoms with van der Waals surface area (Å²) in [7, 11) is 0. The van der Waals surface area contributed by atoms with Crippen LogP contribution in [0.4, 0.5) is 0 Å². The number of hydrogen-bond donors (Lipinski definition) is 2. The van der Waals surface area contributed by atoms with Crippen molar-refractivity contribution in [3.05, 3.63) is 52.9 Å². The first-order chi connectivity index (χ1) is 13.7. The average Bonchev–Trinajstić information content (AvgIpc) is 3.23. The zero-order valence-electron chi connectivity index (χ0n) is 15.4. The number of carbonyl (C=O) groups excluding carboxylic acids is 2. The maximum atomic E-state index is 11.2. The van der Waals surface area contributed by atoms with Gasteiger partial charge in [0.2, 0.25) is 0 Å². The first-order valence-corrected chi connectivity index (χ1v) is 9.00. The summed E-state index contributed by atoms with van der Waals surface area (Å²) in [5.41, 5.74) is 4.46. The fourth-order valence-electron chi connectivity index (χ4n) is 2.48. The van der Waals surface area contributed by atoms with Gasteiger partial charge in [0.1, 0.15) is 23.7 Å². The lowest BCUT2D eigenvalue weighted by molar-refractivity contribution is -0.324. The molecule has 0 saturated carbocycles. The third kappa shape index (κ3) is 4.90. The van der Waals surface area contributed by atoms with Gasteiger partial charge in [-0.3, -0.25) is 0 Å². The van der Waals surface area contributed by atoms with Crippen LogP contribution in [0, 0.1) is 11.8 Å². The van der Waals surface area contributed by atoms with Crippen molar-refractivity contribution >= 4 is 23.5 Å². The minimum atomic E-state index is -2.52. The summed E-state index contributed by atoms with van der Waals surface area (Å²) in [6.45, 7) is 1.57. The molecular formula is C20H18ClNO7. The average molecular weight is 420 g/mol. The summed E-state index contributed by atoms with van der Waals surface area (Å²) in [6.07, 6.45) is 0.386. The number of aryl methyl sites for hydroxylation is 1. The van der Waals surface area contributed by atoms with Gasteiger partial charge in [0.05, 0.1) is 0 Å². The van der Waals surface area contributed by atoms with Gasteiger partial charge in [-0.15, -0.1) is 0 Å². The predicted octanol–water partition coefficient (Wildman–Crippen LogP) is 1.76. The van der Waals surface area contributed by atoms with Crippen LogP contribution in [-0.4, -0.2) is 35.2 Å². The van der Waals surface area contributed by atoms with Crippen molar-refractivity contribution in [2.24, 2.45) is 5.73 Å². The molecule has 8 nitrogen and oxygen atoms in total. The Hall–Kier alpha value is -2.99. The van der Waals surface area contributed by atoms with Gasteiger partial charge in [0, 0.05) is 11.4 Å². The van der Waals surface area contributed by atoms with Crippen LogP contribution in [0.1, 0.15) is 24.9 Å². The molecule has 1 fully saturated rings. The zero-order valence-corrected chi connectivity index (χ0v) is 16.2. The first kappa shape index (κ1) is 20.7. The van der Waals surface area contributed by atoms with Crippen molar-refractivity contribution in [1.82, 2.24) is 0 Å². The Balaban J connectivity index is 1.52. The van der Waals surface area contributed by atoms with E-state index in [1.807, 2.05) is 0 Å². The Morgan fingerprint density at radius 2 is 1.83 bits per heavy atom. The van der Waals surface area contributed by atoms with E-state index < -0.39 is 23.5 Å². The number of cyclic esters (lactones) is 2. The van der Waals surface area contributed by atoms with Crippen LogP contribution in [0.5, 0.6) is 5.75 Å². The van der Waals surface area contributed by atoms with Crippen LogP contribution in [0.15, 0.2) is 40.8 Å². The lowest BCUT2D eigenvalue weighted by Crippen LogP contribution is -2.60. The van der Waals surface area contributed by atoms with Gasteiger partial charge in [0.25, 0.3) is 0 Å². The molecule has 152 valence electrons. The van der Waals surface area contributed by atoms with E-state index in [1.54, 1.807) is 36.4 Å². The minimum absolute atomic E-state index is 0.101. The second-order valence-corrected chi connectivity index (χ2v) is 7.03. The third-order valence-electron chi connectivity index (χ3n) is 4.24. The van der Waals surface area contributed by atoms with E-state index in [4.69, 9.17) is 26.5 Å². The second kappa shape index (κ2) is 8.17. The number of nitrogens with two attached hydrogens (primary N) is 1. The lowest BCUT2D eigenvalue weighted by Gasteiger charge is -2.34. The molecule has 1 aliphatic heterocycles. The van der Waals surface area contributed by atoms with Crippen LogP contribution in [0.2, 0.25) is 5.02 Å². The third-order valence-corrected chi connectivity index (χ3v) is 4.49. The monoisotopic (exact) mass is 419 g/mol. The molecule has 1 aliphatic rings. The zero-order chi connectivity index (χ0) is 21.1. The summed E-state index contributed by atoms with van der Waals surface area (Å²) in [5, 5.41) is 10.8. The number of esters is 2. The summed E-state index contributed by atoms with van der Waals surface area (Å²) < 4.78 is 20.2. The highest BCUT2D eigenvalue weighted by molar-refractivity contribution is 6.31. The lowest BCUT2D eigenvalue weighted by atomic mass is 9.93. The van der Waals surface area contributed by atoms with Gasteiger partial charge in [-0.05, 0) is 55.7 Å². The van der Waals surface area contributed by atoms with Gasteiger partial charge in [-0.2, -0.15) is 0 Å². The number of aliphatic hydroxyl groups is 1. The maximum Gasteiger partial charge on any atom is 0.422 e. The molecule has 0 aliphatic carbocycles. The highest BCUT2D eigenvalue weighted by Crippen LogP contribution is 2.32. The molecule has 2 heterocycles. The number of hydrogen-bond acceptors (Lipinski definition) is 8. The highest BCUT2D eigenvalue weighted by Gasteiger charge is 2.58. The smallest absolute Gasteiger partial charge is 0.422 e. The Labute approximate surface area is 171 Å². The number of benzene rings is 1. The van der Waals surface area contributed by atoms with Crippen LogP contribution >= 0.6 is 11.6 Å². The quantitative estimate of drug-likeness (QED) is 0.412. The van der Waals surface area contributed by atoms with Crippen LogP contribution < -0.4 is 10.5 Å². The molecule has 3 N–H and O–H groups in total. The first-order valence-electron chi connectivity index (χ1n) is 8.62. The Bertz CT molecular complexity index is 953. The molecule has 1 aromatic heterocycles. The molecular weight excluding hydrogens is 402 g/mol. The molecule has 0 spiro atoms. The van der Waals surface area contributed by atoms with Crippen molar-refractivity contribution in [2.45, 2.75) is 31.3 Å². The fraction of sp³-hybridized carbons (Fsp3) is 0.300. The second-order valence-electron chi connectivity index (χ2n) is 6.59. The molecule has 0 amide bonds. The maximum absolute atomic E-state index is 11.2. The van der Waals surface area contributed by atoms with Crippen molar-refractivity contribution in [3.8, 4) is 17.6 Å². The van der Waals surface area contributed by atoms with E-state index in [-0.39, 0.29) is 19.4 Å². The van der Waals surface area contributed by atoms with E-state index in [1.165, 1.54) is 6.92 Å². The number of carbonyl (C=O) groups is 2. The molecule has 0 unspecified atom stereocenters.